The van der Waals surface area contributed by atoms with Crippen LogP contribution < -0.4 is 10.1 Å². The second-order valence-corrected chi connectivity index (χ2v) is 5.09. The molecule has 0 amide bonds. The van der Waals surface area contributed by atoms with E-state index >= 15 is 0 Å². The maximum absolute atomic E-state index is 5.44. The predicted octanol–water partition coefficient (Wildman–Crippen LogP) is 3.08. The molecule has 1 aromatic carbocycles. The third-order valence-corrected chi connectivity index (χ3v) is 3.29. The molecule has 0 atom stereocenters. The number of aromatic nitrogens is 2. The van der Waals surface area contributed by atoms with Crippen LogP contribution in [0.1, 0.15) is 26.3 Å². The van der Waals surface area contributed by atoms with Crippen molar-refractivity contribution >= 4 is 0 Å². The predicted molar refractivity (Wildman–Crippen MR) is 81.9 cm³/mol. The molecule has 1 N–H and O–H groups in total. The summed E-state index contributed by atoms with van der Waals surface area (Å²) in [6, 6.07) is 8.78. The molecule has 0 aliphatic rings. The molecular weight excluding hydrogens is 250 g/mol. The van der Waals surface area contributed by atoms with Gasteiger partial charge in [0, 0.05) is 36.5 Å². The van der Waals surface area contributed by atoms with Crippen molar-refractivity contribution in [1.82, 2.24) is 15.1 Å². The van der Waals surface area contributed by atoms with Gasteiger partial charge in [0.05, 0.1) is 12.8 Å². The van der Waals surface area contributed by atoms with Crippen molar-refractivity contribution in [1.29, 1.82) is 0 Å². The first-order chi connectivity index (χ1) is 9.65. The molecule has 2 rings (SSSR count). The number of aryl methyl sites for hydroxylation is 1. The molecule has 20 heavy (non-hydrogen) atoms. The lowest BCUT2D eigenvalue weighted by atomic mass is 10.1. The summed E-state index contributed by atoms with van der Waals surface area (Å²) >= 11 is 0. The summed E-state index contributed by atoms with van der Waals surface area (Å²) in [6.07, 6.45) is 1.84. The van der Waals surface area contributed by atoms with Gasteiger partial charge in [0.2, 0.25) is 0 Å². The van der Waals surface area contributed by atoms with Crippen molar-refractivity contribution < 1.29 is 4.74 Å². The van der Waals surface area contributed by atoms with Crippen LogP contribution in [0.4, 0.5) is 0 Å². The number of hydrogen-bond acceptors (Lipinski definition) is 3. The Bertz CT molecular complexity index is 561. The highest BCUT2D eigenvalue weighted by atomic mass is 16.5. The lowest BCUT2D eigenvalue weighted by Gasteiger charge is -2.14. The molecule has 4 heteroatoms. The summed E-state index contributed by atoms with van der Waals surface area (Å²) in [5, 5.41) is 7.76. The minimum absolute atomic E-state index is 0.449. The fourth-order valence-electron chi connectivity index (χ4n) is 2.22. The Hall–Kier alpha value is -1.81. The van der Waals surface area contributed by atoms with Gasteiger partial charge < -0.3 is 10.1 Å². The number of methoxy groups -OCH3 is 1. The number of ether oxygens (including phenoxy) is 1. The van der Waals surface area contributed by atoms with E-state index in [1.165, 1.54) is 11.1 Å². The maximum Gasteiger partial charge on any atom is 0.123 e. The first kappa shape index (κ1) is 14.6. The van der Waals surface area contributed by atoms with E-state index in [1.807, 2.05) is 23.0 Å². The Morgan fingerprint density at radius 1 is 1.30 bits per heavy atom. The number of nitrogens with zero attached hydrogens (tertiary/aromatic N) is 2. The fourth-order valence-corrected chi connectivity index (χ4v) is 2.22. The first-order valence-electron chi connectivity index (χ1n) is 7.08. The third kappa shape index (κ3) is 3.20. The van der Waals surface area contributed by atoms with Crippen LogP contribution in [0, 0.1) is 0 Å². The van der Waals surface area contributed by atoms with E-state index in [0.717, 1.165) is 24.5 Å². The van der Waals surface area contributed by atoms with Crippen LogP contribution in [-0.2, 0) is 13.1 Å². The van der Waals surface area contributed by atoms with E-state index in [1.54, 1.807) is 7.11 Å². The van der Waals surface area contributed by atoms with E-state index < -0.39 is 0 Å². The molecule has 0 aliphatic carbocycles. The lowest BCUT2D eigenvalue weighted by molar-refractivity contribution is 0.406. The Labute approximate surface area is 120 Å². The van der Waals surface area contributed by atoms with Crippen molar-refractivity contribution in [3.05, 3.63) is 36.0 Å². The summed E-state index contributed by atoms with van der Waals surface area (Å²) in [5.41, 5.74) is 3.48. The second kappa shape index (κ2) is 6.57. The smallest absolute Gasteiger partial charge is 0.123 e. The molecule has 1 heterocycles. The highest BCUT2D eigenvalue weighted by Crippen LogP contribution is 2.26. The molecular formula is C16H23N3O. The van der Waals surface area contributed by atoms with Gasteiger partial charge in [-0.2, -0.15) is 5.10 Å². The zero-order chi connectivity index (χ0) is 14.5. The quantitative estimate of drug-likeness (QED) is 0.879. The molecule has 0 unspecified atom stereocenters. The SMILES string of the molecule is CCn1nccc1-c1ccc(OC)c(CNC(C)C)c1. The normalized spacial score (nSPS) is 11.1. The minimum Gasteiger partial charge on any atom is -0.496 e. The van der Waals surface area contributed by atoms with Crippen LogP contribution in [0.15, 0.2) is 30.5 Å². The number of rotatable bonds is 6. The summed E-state index contributed by atoms with van der Waals surface area (Å²) in [4.78, 5) is 0. The summed E-state index contributed by atoms with van der Waals surface area (Å²) in [5.74, 6) is 0.921. The number of benzene rings is 1. The van der Waals surface area contributed by atoms with E-state index in [4.69, 9.17) is 4.74 Å². The third-order valence-electron chi connectivity index (χ3n) is 3.29. The van der Waals surface area contributed by atoms with Crippen LogP contribution in [0.2, 0.25) is 0 Å². The zero-order valence-electron chi connectivity index (χ0n) is 12.7. The van der Waals surface area contributed by atoms with Crippen LogP contribution in [0.5, 0.6) is 5.75 Å². The Kier molecular flexibility index (Phi) is 4.79. The van der Waals surface area contributed by atoms with Gasteiger partial charge in [-0.15, -0.1) is 0 Å². The molecule has 0 spiro atoms. The first-order valence-corrected chi connectivity index (χ1v) is 7.08. The number of nitrogens with one attached hydrogen (secondary N) is 1. The fraction of sp³-hybridized carbons (Fsp3) is 0.438. The Morgan fingerprint density at radius 2 is 2.10 bits per heavy atom. The highest BCUT2D eigenvalue weighted by Gasteiger charge is 2.09. The van der Waals surface area contributed by atoms with Gasteiger partial charge >= 0.3 is 0 Å². The zero-order valence-corrected chi connectivity index (χ0v) is 12.7. The van der Waals surface area contributed by atoms with Gasteiger partial charge in [-0.1, -0.05) is 13.8 Å². The van der Waals surface area contributed by atoms with E-state index in [2.05, 4.69) is 43.3 Å². The van der Waals surface area contributed by atoms with Crippen molar-refractivity contribution in [3.8, 4) is 17.0 Å². The van der Waals surface area contributed by atoms with Gasteiger partial charge in [0.15, 0.2) is 0 Å². The van der Waals surface area contributed by atoms with E-state index in [0.29, 0.717) is 6.04 Å². The molecule has 0 saturated heterocycles. The van der Waals surface area contributed by atoms with Gasteiger partial charge in [-0.3, -0.25) is 4.68 Å². The van der Waals surface area contributed by atoms with Crippen LogP contribution in [-0.4, -0.2) is 22.9 Å². The molecule has 0 aliphatic heterocycles. The molecule has 108 valence electrons. The Morgan fingerprint density at radius 3 is 2.75 bits per heavy atom. The van der Waals surface area contributed by atoms with Crippen LogP contribution >= 0.6 is 0 Å². The van der Waals surface area contributed by atoms with Gasteiger partial charge in [-0.05, 0) is 31.2 Å². The van der Waals surface area contributed by atoms with Gasteiger partial charge in [-0.25, -0.2) is 0 Å². The van der Waals surface area contributed by atoms with E-state index in [-0.39, 0.29) is 0 Å². The minimum atomic E-state index is 0.449. The summed E-state index contributed by atoms with van der Waals surface area (Å²) in [7, 11) is 1.71. The maximum atomic E-state index is 5.44. The highest BCUT2D eigenvalue weighted by molar-refractivity contribution is 5.62. The summed E-state index contributed by atoms with van der Waals surface area (Å²) in [6.45, 7) is 8.05. The van der Waals surface area contributed by atoms with Gasteiger partial charge in [0.25, 0.3) is 0 Å². The average Bonchev–Trinajstić information content (AvgIpc) is 2.93. The molecule has 4 nitrogen and oxygen atoms in total. The monoisotopic (exact) mass is 273 g/mol. The van der Waals surface area contributed by atoms with E-state index in [9.17, 15) is 0 Å². The molecule has 2 aromatic rings. The van der Waals surface area contributed by atoms with Crippen LogP contribution in [0.3, 0.4) is 0 Å². The van der Waals surface area contributed by atoms with Crippen molar-refractivity contribution in [2.24, 2.45) is 0 Å². The van der Waals surface area contributed by atoms with Crippen molar-refractivity contribution in [2.45, 2.75) is 39.9 Å². The average molecular weight is 273 g/mol. The molecule has 0 bridgehead atoms. The lowest BCUT2D eigenvalue weighted by Crippen LogP contribution is -2.22. The van der Waals surface area contributed by atoms with Crippen molar-refractivity contribution in [2.75, 3.05) is 7.11 Å². The standard InChI is InChI=1S/C16H23N3O/c1-5-19-15(8-9-18-19)13-6-7-16(20-4)14(10-13)11-17-12(2)3/h6-10,12,17H,5,11H2,1-4H3. The molecule has 0 radical (unpaired) electrons. The molecule has 0 fully saturated rings. The molecule has 1 aromatic heterocycles. The second-order valence-electron chi connectivity index (χ2n) is 5.09. The van der Waals surface area contributed by atoms with Crippen molar-refractivity contribution in [3.63, 3.8) is 0 Å². The summed E-state index contributed by atoms with van der Waals surface area (Å²) < 4.78 is 7.45. The number of hydrogen-bond donors (Lipinski definition) is 1. The topological polar surface area (TPSA) is 39.1 Å². The van der Waals surface area contributed by atoms with Crippen LogP contribution in [0.25, 0.3) is 11.3 Å². The Balaban J connectivity index is 2.34. The largest absolute Gasteiger partial charge is 0.496 e. The molecule has 0 saturated carbocycles. The van der Waals surface area contributed by atoms with Gasteiger partial charge in [0.1, 0.15) is 5.75 Å².